The molecule has 0 aromatic heterocycles. The highest BCUT2D eigenvalue weighted by atomic mass is 35.5. The van der Waals surface area contributed by atoms with E-state index in [4.69, 9.17) is 30.4 Å². The quantitative estimate of drug-likeness (QED) is 0.260. The molecule has 2 aliphatic rings. The van der Waals surface area contributed by atoms with Crippen molar-refractivity contribution in [2.45, 2.75) is 103 Å². The first-order valence-electron chi connectivity index (χ1n) is 14.9. The largest absolute Gasteiger partial charge is 0.496 e. The predicted molar refractivity (Wildman–Crippen MR) is 166 cm³/mol. The fourth-order valence-corrected chi connectivity index (χ4v) is 5.90. The standard InChI is InChI=1S/C33H45BClNO6/c1-31(2,3)40-30(38)36(25-17-14-23(15-18-25)29(37)39-8)21-26(22-12-10-9-11-13-22)24-16-19-28(35)27(20-24)34-41-32(4,5)33(6,7)42-34/h9-13,16,19-20,23,25-26H,14-15,17-18,21H2,1-8H3. The second-order valence-corrected chi connectivity index (χ2v) is 13.9. The van der Waals surface area contributed by atoms with Gasteiger partial charge in [0, 0.05) is 29.0 Å². The molecular formula is C33H45BClNO6. The highest BCUT2D eigenvalue weighted by Gasteiger charge is 2.52. The van der Waals surface area contributed by atoms with E-state index in [1.54, 1.807) is 0 Å². The molecule has 9 heteroatoms. The van der Waals surface area contributed by atoms with E-state index >= 15 is 0 Å². The Hall–Kier alpha value is -2.55. The molecule has 1 heterocycles. The molecule has 2 fully saturated rings. The maximum absolute atomic E-state index is 13.8. The van der Waals surface area contributed by atoms with Gasteiger partial charge >= 0.3 is 19.2 Å². The number of esters is 1. The number of halogens is 1. The van der Waals surface area contributed by atoms with Crippen LogP contribution in [-0.4, -0.2) is 60.6 Å². The molecule has 42 heavy (non-hydrogen) atoms. The van der Waals surface area contributed by atoms with E-state index in [9.17, 15) is 9.59 Å². The van der Waals surface area contributed by atoms with Crippen molar-refractivity contribution < 1.29 is 28.4 Å². The molecule has 4 rings (SSSR count). The number of hydrogen-bond acceptors (Lipinski definition) is 6. The number of amides is 1. The summed E-state index contributed by atoms with van der Waals surface area (Å²) in [6, 6.07) is 16.0. The first-order chi connectivity index (χ1) is 19.6. The predicted octanol–water partition coefficient (Wildman–Crippen LogP) is 6.74. The molecular weight excluding hydrogens is 553 g/mol. The van der Waals surface area contributed by atoms with Crippen molar-refractivity contribution in [3.8, 4) is 0 Å². The molecule has 0 N–H and O–H groups in total. The van der Waals surface area contributed by atoms with Crippen LogP contribution in [0.2, 0.25) is 5.02 Å². The lowest BCUT2D eigenvalue weighted by molar-refractivity contribution is -0.146. The summed E-state index contributed by atoms with van der Waals surface area (Å²) in [4.78, 5) is 27.8. The number of hydrogen-bond donors (Lipinski definition) is 0. The zero-order valence-electron chi connectivity index (χ0n) is 26.2. The summed E-state index contributed by atoms with van der Waals surface area (Å²) < 4.78 is 23.6. The van der Waals surface area contributed by atoms with Gasteiger partial charge in [0.25, 0.3) is 0 Å². The Bertz CT molecular complexity index is 1240. The molecule has 1 saturated carbocycles. The number of nitrogens with zero attached hydrogens (tertiary/aromatic N) is 1. The summed E-state index contributed by atoms with van der Waals surface area (Å²) in [5, 5.41) is 0.564. The van der Waals surface area contributed by atoms with E-state index < -0.39 is 23.9 Å². The average molecular weight is 598 g/mol. The van der Waals surface area contributed by atoms with E-state index in [-0.39, 0.29) is 29.9 Å². The normalized spacial score (nSPS) is 22.4. The third-order valence-electron chi connectivity index (χ3n) is 8.81. The minimum Gasteiger partial charge on any atom is -0.469 e. The van der Waals surface area contributed by atoms with Crippen LogP contribution in [-0.2, 0) is 23.6 Å². The van der Waals surface area contributed by atoms with Gasteiger partial charge in [0.05, 0.1) is 24.2 Å². The van der Waals surface area contributed by atoms with Crippen molar-refractivity contribution in [1.29, 1.82) is 0 Å². The Kier molecular flexibility index (Phi) is 9.70. The summed E-state index contributed by atoms with van der Waals surface area (Å²) in [6.45, 7) is 14.1. The van der Waals surface area contributed by atoms with Gasteiger partial charge in [-0.2, -0.15) is 0 Å². The van der Waals surface area contributed by atoms with Crippen LogP contribution in [0.25, 0.3) is 0 Å². The van der Waals surface area contributed by atoms with E-state index in [0.29, 0.717) is 37.3 Å². The molecule has 1 aliphatic heterocycles. The molecule has 2 aromatic rings. The molecule has 0 radical (unpaired) electrons. The number of methoxy groups -OCH3 is 1. The van der Waals surface area contributed by atoms with Crippen molar-refractivity contribution in [3.05, 3.63) is 64.7 Å². The van der Waals surface area contributed by atoms with Crippen molar-refractivity contribution in [1.82, 2.24) is 4.90 Å². The monoisotopic (exact) mass is 597 g/mol. The summed E-state index contributed by atoms with van der Waals surface area (Å²) in [7, 11) is 0.810. The maximum Gasteiger partial charge on any atom is 0.496 e. The number of benzene rings is 2. The van der Waals surface area contributed by atoms with Gasteiger partial charge in [0.1, 0.15) is 5.60 Å². The minimum absolute atomic E-state index is 0.0677. The van der Waals surface area contributed by atoms with Crippen LogP contribution in [0, 0.1) is 5.92 Å². The molecule has 1 amide bonds. The summed E-state index contributed by atoms with van der Waals surface area (Å²) >= 11 is 6.73. The van der Waals surface area contributed by atoms with Crippen LogP contribution in [0.5, 0.6) is 0 Å². The average Bonchev–Trinajstić information content (AvgIpc) is 3.15. The number of carbonyl (C=O) groups is 2. The SMILES string of the molecule is COC(=O)C1CCC(N(CC(c2ccccc2)c2ccc(Cl)c(B3OC(C)(C)C(C)(C)O3)c2)C(=O)OC(C)(C)C)CC1. The lowest BCUT2D eigenvalue weighted by Crippen LogP contribution is -2.47. The Morgan fingerprint density at radius 2 is 1.57 bits per heavy atom. The van der Waals surface area contributed by atoms with Crippen LogP contribution < -0.4 is 5.46 Å². The van der Waals surface area contributed by atoms with Crippen molar-refractivity contribution >= 4 is 36.2 Å². The van der Waals surface area contributed by atoms with Gasteiger partial charge in [-0.1, -0.05) is 54.1 Å². The molecule has 228 valence electrons. The molecule has 7 nitrogen and oxygen atoms in total. The van der Waals surface area contributed by atoms with Crippen LogP contribution in [0.15, 0.2) is 48.5 Å². The zero-order valence-corrected chi connectivity index (χ0v) is 27.0. The molecule has 0 spiro atoms. The van der Waals surface area contributed by atoms with Crippen molar-refractivity contribution in [2.75, 3.05) is 13.7 Å². The number of carbonyl (C=O) groups excluding carboxylic acids is 2. The third-order valence-corrected chi connectivity index (χ3v) is 9.16. The summed E-state index contributed by atoms with van der Waals surface area (Å²) in [5.41, 5.74) is 1.16. The van der Waals surface area contributed by atoms with Crippen molar-refractivity contribution in [2.24, 2.45) is 5.92 Å². The van der Waals surface area contributed by atoms with Gasteiger partial charge in [-0.15, -0.1) is 0 Å². The second kappa shape index (κ2) is 12.6. The van der Waals surface area contributed by atoms with E-state index in [0.717, 1.165) is 16.6 Å². The molecule has 1 saturated heterocycles. The van der Waals surface area contributed by atoms with Gasteiger partial charge < -0.3 is 23.7 Å². The lowest BCUT2D eigenvalue weighted by atomic mass is 9.76. The van der Waals surface area contributed by atoms with Crippen molar-refractivity contribution in [3.63, 3.8) is 0 Å². The lowest BCUT2D eigenvalue weighted by Gasteiger charge is -2.39. The van der Waals surface area contributed by atoms with Crippen LogP contribution >= 0.6 is 11.6 Å². The van der Waals surface area contributed by atoms with E-state index in [1.807, 2.05) is 89.8 Å². The number of ether oxygens (including phenoxy) is 2. The summed E-state index contributed by atoms with van der Waals surface area (Å²) in [5.74, 6) is -0.498. The van der Waals surface area contributed by atoms with Gasteiger partial charge in [-0.05, 0) is 91.3 Å². The van der Waals surface area contributed by atoms with E-state index in [2.05, 4.69) is 12.1 Å². The Labute approximate surface area is 256 Å². The molecule has 1 atom stereocenters. The van der Waals surface area contributed by atoms with Crippen LogP contribution in [0.3, 0.4) is 0 Å². The van der Waals surface area contributed by atoms with Crippen LogP contribution in [0.1, 0.15) is 91.2 Å². The smallest absolute Gasteiger partial charge is 0.469 e. The third kappa shape index (κ3) is 7.32. The highest BCUT2D eigenvalue weighted by Crippen LogP contribution is 2.38. The fourth-order valence-electron chi connectivity index (χ4n) is 5.70. The van der Waals surface area contributed by atoms with Gasteiger partial charge in [-0.3, -0.25) is 4.79 Å². The van der Waals surface area contributed by atoms with Crippen LogP contribution in [0.4, 0.5) is 4.79 Å². The molecule has 1 aliphatic carbocycles. The maximum atomic E-state index is 13.8. The Morgan fingerprint density at radius 1 is 0.976 bits per heavy atom. The number of rotatable bonds is 7. The fraction of sp³-hybridized carbons (Fsp3) is 0.576. The first-order valence-corrected chi connectivity index (χ1v) is 15.3. The summed E-state index contributed by atoms with van der Waals surface area (Å²) in [6.07, 6.45) is 2.37. The Morgan fingerprint density at radius 3 is 2.12 bits per heavy atom. The van der Waals surface area contributed by atoms with Gasteiger partial charge in [0.15, 0.2) is 0 Å². The van der Waals surface area contributed by atoms with E-state index in [1.165, 1.54) is 7.11 Å². The van der Waals surface area contributed by atoms with Gasteiger partial charge in [0.2, 0.25) is 0 Å². The van der Waals surface area contributed by atoms with Gasteiger partial charge in [-0.25, -0.2) is 4.79 Å². The topological polar surface area (TPSA) is 74.3 Å². The first kappa shape index (κ1) is 32.4. The Balaban J connectivity index is 1.70. The minimum atomic E-state index is -0.648. The molecule has 1 unspecified atom stereocenters. The molecule has 2 aromatic carbocycles. The zero-order chi connectivity index (χ0) is 30.9. The second-order valence-electron chi connectivity index (χ2n) is 13.5. The molecule has 0 bridgehead atoms. The highest BCUT2D eigenvalue weighted by molar-refractivity contribution is 6.65.